The number of rotatable bonds is 3. The van der Waals surface area contributed by atoms with Crippen molar-refractivity contribution in [2.45, 2.75) is 38.3 Å². The van der Waals surface area contributed by atoms with Gasteiger partial charge in [-0.15, -0.1) is 10.2 Å². The molecule has 1 aliphatic rings. The number of nitrogens with zero attached hydrogens (tertiary/aromatic N) is 3. The van der Waals surface area contributed by atoms with E-state index < -0.39 is 6.04 Å². The molecule has 2 atom stereocenters. The minimum absolute atomic E-state index is 0.121. The van der Waals surface area contributed by atoms with Gasteiger partial charge >= 0.3 is 6.03 Å². The van der Waals surface area contributed by atoms with Crippen LogP contribution in [0, 0.1) is 0 Å². The summed E-state index contributed by atoms with van der Waals surface area (Å²) in [6, 6.07) is -1.12. The van der Waals surface area contributed by atoms with E-state index in [1.54, 1.807) is 10.9 Å². The van der Waals surface area contributed by atoms with Crippen LogP contribution in [-0.4, -0.2) is 39.3 Å². The Hall–Kier alpha value is -2.12. The Bertz CT molecular complexity index is 486. The third-order valence-corrected chi connectivity index (χ3v) is 3.32. The van der Waals surface area contributed by atoms with Crippen LogP contribution in [0.1, 0.15) is 38.1 Å². The molecule has 1 aromatic rings. The van der Waals surface area contributed by atoms with Crippen molar-refractivity contribution in [3.8, 4) is 0 Å². The van der Waals surface area contributed by atoms with E-state index in [9.17, 15) is 9.59 Å². The zero-order chi connectivity index (χ0) is 14.5. The third kappa shape index (κ3) is 3.46. The minimum Gasteiger partial charge on any atom is -0.354 e. The molecular weight excluding hydrogens is 260 g/mol. The fourth-order valence-corrected chi connectivity index (χ4v) is 2.22. The van der Waals surface area contributed by atoms with E-state index in [4.69, 9.17) is 0 Å². The number of urea groups is 1. The molecule has 8 heteroatoms. The van der Waals surface area contributed by atoms with E-state index in [2.05, 4.69) is 26.1 Å². The molecule has 0 saturated carbocycles. The van der Waals surface area contributed by atoms with Gasteiger partial charge in [-0.3, -0.25) is 4.79 Å². The zero-order valence-electron chi connectivity index (χ0n) is 11.7. The molecular formula is C12H20N6O2. The zero-order valence-corrected chi connectivity index (χ0v) is 11.7. The maximum absolute atomic E-state index is 11.9. The number of hydrogen-bond acceptors (Lipinski definition) is 4. The number of amides is 3. The predicted molar refractivity (Wildman–Crippen MR) is 71.7 cm³/mol. The summed E-state index contributed by atoms with van der Waals surface area (Å²) in [5, 5.41) is 15.9. The van der Waals surface area contributed by atoms with Crippen LogP contribution in [0.4, 0.5) is 4.79 Å². The lowest BCUT2D eigenvalue weighted by molar-refractivity contribution is -0.122. The minimum atomic E-state index is -0.468. The fourth-order valence-electron chi connectivity index (χ4n) is 2.22. The summed E-state index contributed by atoms with van der Waals surface area (Å²) in [6.07, 6.45) is 4.10. The van der Waals surface area contributed by atoms with Gasteiger partial charge in [0.15, 0.2) is 5.82 Å². The Balaban J connectivity index is 1.88. The lowest BCUT2D eigenvalue weighted by atomic mass is 10.1. The van der Waals surface area contributed by atoms with Crippen LogP contribution in [0.2, 0.25) is 0 Å². The van der Waals surface area contributed by atoms with Gasteiger partial charge in [-0.1, -0.05) is 0 Å². The number of carbonyl (C=O) groups is 2. The highest BCUT2D eigenvalue weighted by atomic mass is 16.2. The van der Waals surface area contributed by atoms with Gasteiger partial charge in [-0.05, 0) is 26.2 Å². The van der Waals surface area contributed by atoms with Crippen molar-refractivity contribution in [3.63, 3.8) is 0 Å². The van der Waals surface area contributed by atoms with E-state index in [0.29, 0.717) is 18.8 Å². The van der Waals surface area contributed by atoms with Gasteiger partial charge in [-0.2, -0.15) is 0 Å². The molecule has 0 unspecified atom stereocenters. The predicted octanol–water partition coefficient (Wildman–Crippen LogP) is -0.156. The summed E-state index contributed by atoms with van der Waals surface area (Å²) < 4.78 is 1.74. The van der Waals surface area contributed by atoms with Crippen molar-refractivity contribution in [2.75, 3.05) is 6.54 Å². The first-order chi connectivity index (χ1) is 9.58. The fraction of sp³-hybridized carbons (Fsp3) is 0.667. The molecule has 3 amide bonds. The summed E-state index contributed by atoms with van der Waals surface area (Å²) in [4.78, 5) is 23.7. The smallest absolute Gasteiger partial charge is 0.316 e. The van der Waals surface area contributed by atoms with E-state index in [1.807, 2.05) is 14.0 Å². The highest BCUT2D eigenvalue weighted by molar-refractivity contribution is 5.87. The van der Waals surface area contributed by atoms with Crippen LogP contribution < -0.4 is 16.0 Å². The second-order valence-electron chi connectivity index (χ2n) is 4.98. The average molecular weight is 280 g/mol. The Morgan fingerprint density at radius 1 is 1.55 bits per heavy atom. The first-order valence-corrected chi connectivity index (χ1v) is 6.76. The quantitative estimate of drug-likeness (QED) is 0.716. The highest BCUT2D eigenvalue weighted by Crippen LogP contribution is 2.08. The van der Waals surface area contributed by atoms with Crippen molar-refractivity contribution < 1.29 is 9.59 Å². The van der Waals surface area contributed by atoms with Crippen molar-refractivity contribution in [2.24, 2.45) is 7.05 Å². The molecule has 0 bridgehead atoms. The second-order valence-corrected chi connectivity index (χ2v) is 4.98. The molecule has 0 radical (unpaired) electrons. The van der Waals surface area contributed by atoms with Gasteiger partial charge in [-0.25, -0.2) is 4.79 Å². The molecule has 1 fully saturated rings. The van der Waals surface area contributed by atoms with E-state index >= 15 is 0 Å². The Morgan fingerprint density at radius 3 is 3.05 bits per heavy atom. The summed E-state index contributed by atoms with van der Waals surface area (Å²) in [5.41, 5.74) is 0. The maximum Gasteiger partial charge on any atom is 0.316 e. The molecule has 8 nitrogen and oxygen atoms in total. The Morgan fingerprint density at radius 2 is 2.35 bits per heavy atom. The lowest BCUT2D eigenvalue weighted by Crippen LogP contribution is -2.49. The van der Waals surface area contributed by atoms with E-state index in [-0.39, 0.29) is 18.0 Å². The molecule has 2 heterocycles. The summed E-state index contributed by atoms with van der Waals surface area (Å²) in [7, 11) is 1.81. The number of aromatic nitrogens is 3. The SMILES string of the molecule is C[C@@H](NC(=O)N[C@@H]1CCCCNC1=O)c1nncn1C. The number of aryl methyl sites for hydroxylation is 1. The van der Waals surface area contributed by atoms with Crippen LogP contribution in [0.15, 0.2) is 6.33 Å². The van der Waals surface area contributed by atoms with Crippen LogP contribution in [0.25, 0.3) is 0 Å². The Labute approximate surface area is 117 Å². The van der Waals surface area contributed by atoms with E-state index in [0.717, 1.165) is 12.8 Å². The number of nitrogens with one attached hydrogen (secondary N) is 3. The first kappa shape index (κ1) is 14.3. The molecule has 1 aliphatic heterocycles. The highest BCUT2D eigenvalue weighted by Gasteiger charge is 2.23. The van der Waals surface area contributed by atoms with Crippen LogP contribution >= 0.6 is 0 Å². The lowest BCUT2D eigenvalue weighted by Gasteiger charge is -2.18. The molecule has 0 aromatic carbocycles. The first-order valence-electron chi connectivity index (χ1n) is 6.76. The molecule has 20 heavy (non-hydrogen) atoms. The summed E-state index contributed by atoms with van der Waals surface area (Å²) >= 11 is 0. The topological polar surface area (TPSA) is 101 Å². The molecule has 3 N–H and O–H groups in total. The maximum atomic E-state index is 11.9. The molecule has 2 rings (SSSR count). The average Bonchev–Trinajstić information content (AvgIpc) is 2.73. The third-order valence-electron chi connectivity index (χ3n) is 3.32. The standard InChI is InChI=1S/C12H20N6O2/c1-8(10-17-14-7-18(10)2)15-12(20)16-9-5-3-4-6-13-11(9)19/h7-9H,3-6H2,1-2H3,(H,13,19)(H2,15,16,20)/t8-,9-/m1/s1. The van der Waals surface area contributed by atoms with Crippen molar-refractivity contribution in [1.82, 2.24) is 30.7 Å². The normalized spacial score (nSPS) is 20.7. The number of hydrogen-bond donors (Lipinski definition) is 3. The van der Waals surface area contributed by atoms with Crippen LogP contribution in [0.5, 0.6) is 0 Å². The molecule has 0 spiro atoms. The largest absolute Gasteiger partial charge is 0.354 e. The molecule has 110 valence electrons. The van der Waals surface area contributed by atoms with Gasteiger partial charge in [0.1, 0.15) is 12.4 Å². The van der Waals surface area contributed by atoms with Gasteiger partial charge in [0, 0.05) is 13.6 Å². The van der Waals surface area contributed by atoms with Crippen molar-refractivity contribution >= 4 is 11.9 Å². The van der Waals surface area contributed by atoms with Gasteiger partial charge in [0.05, 0.1) is 6.04 Å². The van der Waals surface area contributed by atoms with Gasteiger partial charge in [0.2, 0.25) is 5.91 Å². The summed E-state index contributed by atoms with van der Waals surface area (Å²) in [6.45, 7) is 2.49. The Kier molecular flexibility index (Phi) is 4.54. The van der Waals surface area contributed by atoms with Crippen LogP contribution in [-0.2, 0) is 11.8 Å². The molecule has 1 saturated heterocycles. The molecule has 1 aromatic heterocycles. The molecule has 0 aliphatic carbocycles. The van der Waals surface area contributed by atoms with Crippen molar-refractivity contribution in [1.29, 1.82) is 0 Å². The van der Waals surface area contributed by atoms with Gasteiger partial charge < -0.3 is 20.5 Å². The van der Waals surface area contributed by atoms with Crippen LogP contribution in [0.3, 0.4) is 0 Å². The monoisotopic (exact) mass is 280 g/mol. The summed E-state index contributed by atoms with van der Waals surface area (Å²) in [5.74, 6) is 0.537. The van der Waals surface area contributed by atoms with Crippen molar-refractivity contribution in [3.05, 3.63) is 12.2 Å². The van der Waals surface area contributed by atoms with Gasteiger partial charge in [0.25, 0.3) is 0 Å². The second kappa shape index (κ2) is 6.36. The number of carbonyl (C=O) groups excluding carboxylic acids is 2. The van der Waals surface area contributed by atoms with E-state index in [1.165, 1.54) is 0 Å².